The molecule has 0 aromatic heterocycles. The maximum absolute atomic E-state index is 12.8. The SMILES string of the molecule is CCCOc1ccc(N2C(=O)C[C@H]([NH2+]CCC[NH+]3CC[NH+](CC)CC3)C2=O)cc1. The van der Waals surface area contributed by atoms with Gasteiger partial charge >= 0.3 is 0 Å². The van der Waals surface area contributed by atoms with Crippen LogP contribution in [0.3, 0.4) is 0 Å². The van der Waals surface area contributed by atoms with Gasteiger partial charge in [-0.05, 0) is 37.6 Å². The second-order valence-electron chi connectivity index (χ2n) is 8.20. The number of anilines is 1. The van der Waals surface area contributed by atoms with E-state index in [-0.39, 0.29) is 24.3 Å². The first-order valence-electron chi connectivity index (χ1n) is 11.2. The van der Waals surface area contributed by atoms with Crippen LogP contribution >= 0.6 is 0 Å². The number of nitrogens with two attached hydrogens (primary N) is 1. The lowest BCUT2D eigenvalue weighted by Gasteiger charge is -2.28. The number of nitrogens with one attached hydrogen (secondary N) is 2. The molecule has 2 aliphatic heterocycles. The van der Waals surface area contributed by atoms with Crippen LogP contribution in [0.15, 0.2) is 24.3 Å². The van der Waals surface area contributed by atoms with Gasteiger partial charge in [-0.1, -0.05) is 6.92 Å². The summed E-state index contributed by atoms with van der Waals surface area (Å²) in [4.78, 5) is 29.9. The molecule has 0 spiro atoms. The molecule has 0 aliphatic carbocycles. The van der Waals surface area contributed by atoms with E-state index in [4.69, 9.17) is 4.74 Å². The topological polar surface area (TPSA) is 72.1 Å². The molecule has 3 rings (SSSR count). The van der Waals surface area contributed by atoms with Crippen LogP contribution in [-0.4, -0.2) is 70.3 Å². The number of quaternary nitrogens is 3. The predicted octanol–water partition coefficient (Wildman–Crippen LogP) is -2.14. The van der Waals surface area contributed by atoms with E-state index in [1.807, 2.05) is 12.1 Å². The molecule has 0 radical (unpaired) electrons. The van der Waals surface area contributed by atoms with Gasteiger partial charge in [-0.2, -0.15) is 0 Å². The molecule has 0 unspecified atom stereocenters. The molecular weight excluding hydrogens is 368 g/mol. The van der Waals surface area contributed by atoms with Crippen molar-refractivity contribution in [3.63, 3.8) is 0 Å². The number of benzene rings is 1. The molecule has 160 valence electrons. The molecular formula is C22H37N4O3+3. The molecule has 0 saturated carbocycles. The summed E-state index contributed by atoms with van der Waals surface area (Å²) in [6.07, 6.45) is 2.32. The van der Waals surface area contributed by atoms with Gasteiger partial charge < -0.3 is 19.9 Å². The van der Waals surface area contributed by atoms with Gasteiger partial charge in [0.15, 0.2) is 6.04 Å². The highest BCUT2D eigenvalue weighted by Gasteiger charge is 2.42. The molecule has 0 bridgehead atoms. The molecule has 29 heavy (non-hydrogen) atoms. The third-order valence-electron chi connectivity index (χ3n) is 6.10. The minimum atomic E-state index is -0.282. The zero-order valence-electron chi connectivity index (χ0n) is 17.9. The van der Waals surface area contributed by atoms with E-state index >= 15 is 0 Å². The summed E-state index contributed by atoms with van der Waals surface area (Å²) in [5, 5.41) is 2.06. The molecule has 2 amide bonds. The Bertz CT molecular complexity index is 671. The van der Waals surface area contributed by atoms with Gasteiger partial charge in [0, 0.05) is 6.42 Å². The fourth-order valence-electron chi connectivity index (χ4n) is 4.25. The Labute approximate surface area is 174 Å². The summed E-state index contributed by atoms with van der Waals surface area (Å²) in [5.74, 6) is 0.564. The summed E-state index contributed by atoms with van der Waals surface area (Å²) in [7, 11) is 0. The molecule has 1 aromatic rings. The van der Waals surface area contributed by atoms with Gasteiger partial charge in [0.05, 0.1) is 38.3 Å². The molecule has 7 nitrogen and oxygen atoms in total. The van der Waals surface area contributed by atoms with Crippen molar-refractivity contribution in [3.05, 3.63) is 24.3 Å². The van der Waals surface area contributed by atoms with E-state index in [1.165, 1.54) is 37.6 Å². The first-order chi connectivity index (χ1) is 14.1. The minimum absolute atomic E-state index is 0.0928. The molecule has 2 saturated heterocycles. The number of hydrogen-bond donors (Lipinski definition) is 3. The fraction of sp³-hybridized carbons (Fsp3) is 0.636. The highest BCUT2D eigenvalue weighted by molar-refractivity contribution is 6.21. The van der Waals surface area contributed by atoms with Crippen LogP contribution in [0.4, 0.5) is 5.69 Å². The van der Waals surface area contributed by atoms with E-state index in [2.05, 4.69) is 19.2 Å². The van der Waals surface area contributed by atoms with Crippen molar-refractivity contribution >= 4 is 17.5 Å². The minimum Gasteiger partial charge on any atom is -0.494 e. The fourth-order valence-corrected chi connectivity index (χ4v) is 4.25. The van der Waals surface area contributed by atoms with Crippen molar-refractivity contribution in [2.24, 2.45) is 0 Å². The quantitative estimate of drug-likeness (QED) is 0.308. The van der Waals surface area contributed by atoms with E-state index in [0.717, 1.165) is 31.7 Å². The van der Waals surface area contributed by atoms with Crippen LogP contribution in [0.25, 0.3) is 0 Å². The third kappa shape index (κ3) is 5.78. The van der Waals surface area contributed by atoms with Crippen molar-refractivity contribution in [1.29, 1.82) is 0 Å². The Morgan fingerprint density at radius 1 is 1.07 bits per heavy atom. The Hall–Kier alpha value is -1.96. The predicted molar refractivity (Wildman–Crippen MR) is 111 cm³/mol. The number of rotatable bonds is 10. The first-order valence-corrected chi connectivity index (χ1v) is 11.2. The van der Waals surface area contributed by atoms with E-state index < -0.39 is 0 Å². The zero-order chi connectivity index (χ0) is 20.6. The number of imide groups is 1. The maximum Gasteiger partial charge on any atom is 0.292 e. The van der Waals surface area contributed by atoms with Crippen molar-refractivity contribution in [2.45, 2.75) is 39.2 Å². The van der Waals surface area contributed by atoms with Crippen molar-refractivity contribution < 1.29 is 29.4 Å². The van der Waals surface area contributed by atoms with E-state index in [1.54, 1.807) is 21.9 Å². The molecule has 1 aromatic carbocycles. The van der Waals surface area contributed by atoms with E-state index in [0.29, 0.717) is 12.3 Å². The molecule has 2 heterocycles. The van der Waals surface area contributed by atoms with Gasteiger partial charge in [-0.25, -0.2) is 4.90 Å². The van der Waals surface area contributed by atoms with Crippen LogP contribution < -0.4 is 24.8 Å². The molecule has 4 N–H and O–H groups in total. The summed E-state index contributed by atoms with van der Waals surface area (Å²) in [5.41, 5.74) is 0.639. The Morgan fingerprint density at radius 2 is 1.76 bits per heavy atom. The average Bonchev–Trinajstić information content (AvgIpc) is 3.03. The summed E-state index contributed by atoms with van der Waals surface area (Å²) in [6.45, 7) is 13.3. The average molecular weight is 406 g/mol. The van der Waals surface area contributed by atoms with Crippen molar-refractivity contribution in [3.8, 4) is 5.75 Å². The number of amides is 2. The first kappa shape index (κ1) is 21.7. The number of likely N-dealkylation sites (N-methyl/N-ethyl adjacent to an activating group) is 1. The number of piperazine rings is 1. The molecule has 7 heteroatoms. The third-order valence-corrected chi connectivity index (χ3v) is 6.10. The second kappa shape index (κ2) is 10.7. The lowest BCUT2D eigenvalue weighted by atomic mass is 10.2. The normalized spacial score (nSPS) is 24.9. The largest absolute Gasteiger partial charge is 0.494 e. The van der Waals surface area contributed by atoms with E-state index in [9.17, 15) is 9.59 Å². The Balaban J connectivity index is 1.43. The number of nitrogens with zero attached hydrogens (tertiary/aromatic N) is 1. The lowest BCUT2D eigenvalue weighted by molar-refractivity contribution is -1.01. The maximum atomic E-state index is 12.8. The van der Waals surface area contributed by atoms with Crippen LogP contribution in [-0.2, 0) is 9.59 Å². The summed E-state index contributed by atoms with van der Waals surface area (Å²) < 4.78 is 5.58. The Kier molecular flexibility index (Phi) is 8.03. The van der Waals surface area contributed by atoms with Crippen LogP contribution in [0.1, 0.15) is 33.1 Å². The summed E-state index contributed by atoms with van der Waals surface area (Å²) >= 11 is 0. The monoisotopic (exact) mass is 405 g/mol. The Morgan fingerprint density at radius 3 is 2.41 bits per heavy atom. The van der Waals surface area contributed by atoms with Gasteiger partial charge in [0.25, 0.3) is 5.91 Å². The molecule has 1 atom stereocenters. The van der Waals surface area contributed by atoms with Gasteiger partial charge in [-0.15, -0.1) is 0 Å². The highest BCUT2D eigenvalue weighted by Crippen LogP contribution is 2.24. The molecule has 2 aliphatic rings. The van der Waals surface area contributed by atoms with Gasteiger partial charge in [-0.3, -0.25) is 9.59 Å². The highest BCUT2D eigenvalue weighted by atomic mass is 16.5. The summed E-state index contributed by atoms with van der Waals surface area (Å²) in [6, 6.07) is 6.96. The number of ether oxygens (including phenoxy) is 1. The van der Waals surface area contributed by atoms with Crippen molar-refractivity contribution in [1.82, 2.24) is 0 Å². The van der Waals surface area contributed by atoms with Crippen LogP contribution in [0.5, 0.6) is 5.75 Å². The smallest absolute Gasteiger partial charge is 0.292 e. The number of carbonyl (C=O) groups is 2. The van der Waals surface area contributed by atoms with Crippen LogP contribution in [0.2, 0.25) is 0 Å². The molecule has 2 fully saturated rings. The lowest BCUT2D eigenvalue weighted by Crippen LogP contribution is -3.28. The van der Waals surface area contributed by atoms with Crippen LogP contribution in [0, 0.1) is 0 Å². The standard InChI is InChI=1S/C22H34N4O3/c1-3-16-29-19-8-6-18(7-9-19)26-21(27)17-20(22(26)28)23-10-5-11-25-14-12-24(4-2)13-15-25/h6-9,20,23H,3-5,10-17H2,1-2H3/p+3/t20-/m0/s1. The van der Waals surface area contributed by atoms with Crippen molar-refractivity contribution in [2.75, 3.05) is 57.3 Å². The number of hydrogen-bond acceptors (Lipinski definition) is 3. The second-order valence-corrected chi connectivity index (χ2v) is 8.20. The number of carbonyl (C=O) groups excluding carboxylic acids is 2. The zero-order valence-corrected chi connectivity index (χ0v) is 17.9. The van der Waals surface area contributed by atoms with Gasteiger partial charge in [0.1, 0.15) is 31.9 Å². The van der Waals surface area contributed by atoms with Gasteiger partial charge in [0.2, 0.25) is 5.91 Å².